The van der Waals surface area contributed by atoms with Crippen molar-refractivity contribution in [1.82, 2.24) is 19.9 Å². The molecule has 144 valence electrons. The second-order valence-electron chi connectivity index (χ2n) is 6.22. The van der Waals surface area contributed by atoms with Gasteiger partial charge in [-0.3, -0.25) is 4.79 Å². The number of hydrogen-bond acceptors (Lipinski definition) is 6. The first-order valence-corrected chi connectivity index (χ1v) is 9.17. The molecule has 9 heteroatoms. The van der Waals surface area contributed by atoms with Crippen molar-refractivity contribution < 1.29 is 9.18 Å². The van der Waals surface area contributed by atoms with Crippen LogP contribution in [0, 0.1) is 5.82 Å². The summed E-state index contributed by atoms with van der Waals surface area (Å²) in [6.45, 7) is 0.660. The molecule has 0 saturated heterocycles. The first-order valence-electron chi connectivity index (χ1n) is 8.37. The Balaban J connectivity index is 1.84. The molecule has 2 heterocycles. The maximum Gasteiger partial charge on any atom is 0.249 e. The molecule has 0 aliphatic rings. The lowest BCUT2D eigenvalue weighted by Gasteiger charge is -2.10. The quantitative estimate of drug-likeness (QED) is 0.563. The van der Waals surface area contributed by atoms with Gasteiger partial charge in [-0.15, -0.1) is 0 Å². The number of aromatic nitrogens is 3. The van der Waals surface area contributed by atoms with Crippen molar-refractivity contribution in [2.45, 2.75) is 0 Å². The highest BCUT2D eigenvalue weighted by Gasteiger charge is 2.09. The number of carbonyl (C=O) groups is 1. The smallest absolute Gasteiger partial charge is 0.249 e. The lowest BCUT2D eigenvalue weighted by molar-refractivity contribution is -0.111. The highest BCUT2D eigenvalue weighted by atomic mass is 79.9. The van der Waals surface area contributed by atoms with Crippen LogP contribution in [-0.4, -0.2) is 46.4 Å². The van der Waals surface area contributed by atoms with E-state index in [1.807, 2.05) is 19.0 Å². The summed E-state index contributed by atoms with van der Waals surface area (Å²) >= 11 is 3.16. The summed E-state index contributed by atoms with van der Waals surface area (Å²) < 4.78 is 13.8. The molecule has 0 saturated carbocycles. The van der Waals surface area contributed by atoms with Gasteiger partial charge in [-0.05, 0) is 54.3 Å². The van der Waals surface area contributed by atoms with E-state index in [2.05, 4.69) is 41.5 Å². The van der Waals surface area contributed by atoms with Crippen LogP contribution in [-0.2, 0) is 4.79 Å². The third-order valence-electron chi connectivity index (χ3n) is 3.70. The molecule has 0 spiro atoms. The summed E-state index contributed by atoms with van der Waals surface area (Å²) in [4.78, 5) is 26.6. The van der Waals surface area contributed by atoms with E-state index >= 15 is 0 Å². The normalized spacial score (nSPS) is 11.3. The van der Waals surface area contributed by atoms with Crippen molar-refractivity contribution in [3.05, 3.63) is 59.2 Å². The monoisotopic (exact) mass is 444 g/mol. The first kappa shape index (κ1) is 19.8. The lowest BCUT2D eigenvalue weighted by atomic mass is 10.2. The van der Waals surface area contributed by atoms with E-state index in [-0.39, 0.29) is 11.7 Å². The van der Waals surface area contributed by atoms with Crippen molar-refractivity contribution in [3.63, 3.8) is 0 Å². The highest BCUT2D eigenvalue weighted by Crippen LogP contribution is 2.27. The van der Waals surface area contributed by atoms with Crippen LogP contribution in [0.15, 0.2) is 53.4 Å². The van der Waals surface area contributed by atoms with E-state index in [0.29, 0.717) is 39.2 Å². The molecule has 2 aromatic heterocycles. The maximum atomic E-state index is 13.4. The Hall–Kier alpha value is -2.91. The Kier molecular flexibility index (Phi) is 6.27. The van der Waals surface area contributed by atoms with Crippen LogP contribution < -0.4 is 10.6 Å². The number of carbonyl (C=O) groups excluding carboxylic acids is 1. The standard InChI is InChI=1S/C19H18BrFN6O/c1-27(2)7-3-4-18(28)26-17-9-13-16(10-22-17)23-11-24-19(13)25-12-5-6-15(21)14(20)8-12/h3-6,8-11H,7H2,1-2H3,(H,22,26,28)(H,23,24,25). The molecule has 0 atom stereocenters. The number of halogens is 2. The average Bonchev–Trinajstić information content (AvgIpc) is 2.65. The zero-order chi connectivity index (χ0) is 20.1. The maximum absolute atomic E-state index is 13.4. The number of amides is 1. The van der Waals surface area contributed by atoms with Crippen LogP contribution in [0.2, 0.25) is 0 Å². The zero-order valence-corrected chi connectivity index (χ0v) is 16.9. The van der Waals surface area contributed by atoms with E-state index in [0.717, 1.165) is 0 Å². The summed E-state index contributed by atoms with van der Waals surface area (Å²) in [5, 5.41) is 6.53. The SMILES string of the molecule is CN(C)CC=CC(=O)Nc1cc2c(Nc3ccc(F)c(Br)c3)ncnc2cn1. The number of rotatable bonds is 6. The predicted octanol–water partition coefficient (Wildman–Crippen LogP) is 3.73. The highest BCUT2D eigenvalue weighted by molar-refractivity contribution is 9.10. The zero-order valence-electron chi connectivity index (χ0n) is 15.3. The van der Waals surface area contributed by atoms with Crippen molar-refractivity contribution in [2.24, 2.45) is 0 Å². The van der Waals surface area contributed by atoms with Crippen LogP contribution in [0.5, 0.6) is 0 Å². The molecule has 2 N–H and O–H groups in total. The van der Waals surface area contributed by atoms with Crippen molar-refractivity contribution in [2.75, 3.05) is 31.3 Å². The van der Waals surface area contributed by atoms with Gasteiger partial charge >= 0.3 is 0 Å². The Labute approximate surface area is 169 Å². The van der Waals surface area contributed by atoms with Crippen LogP contribution >= 0.6 is 15.9 Å². The molecule has 7 nitrogen and oxygen atoms in total. The topological polar surface area (TPSA) is 83.0 Å². The van der Waals surface area contributed by atoms with E-state index in [4.69, 9.17) is 0 Å². The molecule has 3 aromatic rings. The summed E-state index contributed by atoms with van der Waals surface area (Å²) in [6, 6.07) is 6.26. The summed E-state index contributed by atoms with van der Waals surface area (Å²) in [7, 11) is 3.84. The number of nitrogens with one attached hydrogen (secondary N) is 2. The Morgan fingerprint density at radius 1 is 1.25 bits per heavy atom. The third-order valence-corrected chi connectivity index (χ3v) is 4.30. The number of fused-ring (bicyclic) bond motifs is 1. The Morgan fingerprint density at radius 2 is 2.07 bits per heavy atom. The molecule has 0 fully saturated rings. The minimum absolute atomic E-state index is 0.275. The van der Waals surface area contributed by atoms with E-state index in [9.17, 15) is 9.18 Å². The summed E-state index contributed by atoms with van der Waals surface area (Å²) in [6.07, 6.45) is 6.19. The Bertz CT molecular complexity index is 1040. The number of nitrogens with zero attached hydrogens (tertiary/aromatic N) is 4. The van der Waals surface area contributed by atoms with Gasteiger partial charge in [0.05, 0.1) is 16.2 Å². The van der Waals surface area contributed by atoms with Crippen LogP contribution in [0.25, 0.3) is 10.9 Å². The predicted molar refractivity (Wildman–Crippen MR) is 111 cm³/mol. The lowest BCUT2D eigenvalue weighted by Crippen LogP contribution is -2.13. The fourth-order valence-corrected chi connectivity index (χ4v) is 2.75. The molecule has 3 rings (SSSR count). The number of likely N-dealkylation sites (N-methyl/N-ethyl adjacent to an activating group) is 1. The molecule has 28 heavy (non-hydrogen) atoms. The summed E-state index contributed by atoms with van der Waals surface area (Å²) in [5.74, 6) is 0.270. The first-order chi connectivity index (χ1) is 13.4. The van der Waals surface area contributed by atoms with Crippen LogP contribution in [0.3, 0.4) is 0 Å². The number of anilines is 3. The minimum Gasteiger partial charge on any atom is -0.340 e. The molecular formula is C19H18BrFN6O. The van der Waals surface area contributed by atoms with Gasteiger partial charge in [-0.25, -0.2) is 19.3 Å². The Morgan fingerprint density at radius 3 is 2.82 bits per heavy atom. The van der Waals surface area contributed by atoms with Gasteiger partial charge in [0.1, 0.15) is 23.8 Å². The van der Waals surface area contributed by atoms with Gasteiger partial charge in [-0.2, -0.15) is 0 Å². The molecule has 0 unspecified atom stereocenters. The molecule has 0 aliphatic carbocycles. The van der Waals surface area contributed by atoms with Crippen molar-refractivity contribution in [3.8, 4) is 0 Å². The molecule has 0 radical (unpaired) electrons. The largest absolute Gasteiger partial charge is 0.340 e. The van der Waals surface area contributed by atoms with Crippen molar-refractivity contribution in [1.29, 1.82) is 0 Å². The number of hydrogen-bond donors (Lipinski definition) is 2. The van der Waals surface area contributed by atoms with Gasteiger partial charge in [0.2, 0.25) is 5.91 Å². The molecule has 1 amide bonds. The fraction of sp³-hybridized carbons (Fsp3) is 0.158. The minimum atomic E-state index is -0.352. The van der Waals surface area contributed by atoms with Gasteiger partial charge < -0.3 is 15.5 Å². The summed E-state index contributed by atoms with van der Waals surface area (Å²) in [5.41, 5.74) is 1.27. The third kappa shape index (κ3) is 5.08. The van der Waals surface area contributed by atoms with Gasteiger partial charge in [0, 0.05) is 23.7 Å². The number of benzene rings is 1. The second-order valence-corrected chi connectivity index (χ2v) is 7.07. The van der Waals surface area contributed by atoms with Gasteiger partial charge in [-0.1, -0.05) is 6.08 Å². The van der Waals surface area contributed by atoms with E-state index in [1.165, 1.54) is 18.5 Å². The van der Waals surface area contributed by atoms with E-state index in [1.54, 1.807) is 30.5 Å². The van der Waals surface area contributed by atoms with Crippen LogP contribution in [0.4, 0.5) is 21.7 Å². The average molecular weight is 445 g/mol. The van der Waals surface area contributed by atoms with Crippen LogP contribution in [0.1, 0.15) is 0 Å². The van der Waals surface area contributed by atoms with E-state index < -0.39 is 0 Å². The molecule has 0 bridgehead atoms. The molecular weight excluding hydrogens is 427 g/mol. The second kappa shape index (κ2) is 8.85. The van der Waals surface area contributed by atoms with Gasteiger partial charge in [0.25, 0.3) is 0 Å². The van der Waals surface area contributed by atoms with Gasteiger partial charge in [0.15, 0.2) is 0 Å². The fourth-order valence-electron chi connectivity index (χ4n) is 2.38. The molecule has 0 aliphatic heterocycles. The van der Waals surface area contributed by atoms with Crippen molar-refractivity contribution >= 4 is 50.1 Å². The molecule has 1 aromatic carbocycles. The number of pyridine rings is 1.